The van der Waals surface area contributed by atoms with Gasteiger partial charge in [-0.15, -0.1) is 0 Å². The first-order valence-corrected chi connectivity index (χ1v) is 7.78. The van der Waals surface area contributed by atoms with Gasteiger partial charge >= 0.3 is 0 Å². The van der Waals surface area contributed by atoms with E-state index in [4.69, 9.17) is 13.7 Å². The van der Waals surface area contributed by atoms with Crippen molar-refractivity contribution in [2.45, 2.75) is 36.4 Å². The fraction of sp³-hybridized carbons (Fsp3) is 0.462. The quantitative estimate of drug-likeness (QED) is 0.768. The normalized spacial score (nSPS) is 32.4. The number of aryl methyl sites for hydroxylation is 1. The predicted molar refractivity (Wildman–Crippen MR) is 68.9 cm³/mol. The Labute approximate surface area is 121 Å². The van der Waals surface area contributed by atoms with Gasteiger partial charge in [-0.2, -0.15) is 8.42 Å². The van der Waals surface area contributed by atoms with Crippen LogP contribution >= 0.6 is 0 Å². The maximum Gasteiger partial charge on any atom is 0.297 e. The van der Waals surface area contributed by atoms with Crippen molar-refractivity contribution in [2.24, 2.45) is 0 Å². The van der Waals surface area contributed by atoms with Crippen LogP contribution in [0.3, 0.4) is 0 Å². The lowest BCUT2D eigenvalue weighted by molar-refractivity contribution is -0.185. The molecule has 2 saturated heterocycles. The van der Waals surface area contributed by atoms with Crippen molar-refractivity contribution < 1.29 is 32.0 Å². The van der Waals surface area contributed by atoms with Gasteiger partial charge in [0.2, 0.25) is 0 Å². The molecule has 0 aliphatic carbocycles. The number of carbonyl (C=O) groups is 1. The van der Waals surface area contributed by atoms with Gasteiger partial charge in [-0.25, -0.2) is 0 Å². The number of hydrogen-bond donors (Lipinski definition) is 1. The van der Waals surface area contributed by atoms with Crippen molar-refractivity contribution >= 4 is 15.9 Å². The molecule has 1 aromatic rings. The second-order valence-corrected chi connectivity index (χ2v) is 6.58. The minimum absolute atomic E-state index is 0.00154. The molecule has 0 radical (unpaired) electrons. The molecule has 7 nitrogen and oxygen atoms in total. The fourth-order valence-electron chi connectivity index (χ4n) is 2.26. The molecule has 1 N–H and O–H groups in total. The second-order valence-electron chi connectivity index (χ2n) is 5.01. The molecule has 0 amide bonds. The smallest absolute Gasteiger partial charge is 0.297 e. The summed E-state index contributed by atoms with van der Waals surface area (Å²) in [7, 11) is -4.12. The largest absolute Gasteiger partial charge is 0.380 e. The van der Waals surface area contributed by atoms with Crippen LogP contribution in [0, 0.1) is 6.92 Å². The number of Topliss-reactive ketones (excluding diaryl/α,β-unsaturated/α-hetero) is 1. The minimum Gasteiger partial charge on any atom is -0.380 e. The van der Waals surface area contributed by atoms with Crippen molar-refractivity contribution in [3.63, 3.8) is 0 Å². The van der Waals surface area contributed by atoms with Gasteiger partial charge in [0.15, 0.2) is 24.3 Å². The van der Waals surface area contributed by atoms with Gasteiger partial charge in [0, 0.05) is 0 Å². The van der Waals surface area contributed by atoms with Crippen LogP contribution < -0.4 is 0 Å². The minimum atomic E-state index is -4.12. The highest BCUT2D eigenvalue weighted by Crippen LogP contribution is 2.29. The first kappa shape index (κ1) is 14.6. The number of benzene rings is 1. The van der Waals surface area contributed by atoms with E-state index in [1.165, 1.54) is 12.1 Å². The standard InChI is InChI=1S/C13H14O7S/c1-7-2-4-8(5-3-7)21(16,17)20-12-9-6-18-13(19-9)11(15)10(12)14/h2-5,9,11-13,15H,6H2,1H3/t9-,11-,12-,13-/m1/s1. The lowest BCUT2D eigenvalue weighted by Crippen LogP contribution is -2.52. The van der Waals surface area contributed by atoms with Crippen LogP contribution in [-0.2, 0) is 28.6 Å². The van der Waals surface area contributed by atoms with Crippen LogP contribution in [0.1, 0.15) is 5.56 Å². The molecule has 2 aliphatic rings. The van der Waals surface area contributed by atoms with Crippen molar-refractivity contribution in [1.82, 2.24) is 0 Å². The van der Waals surface area contributed by atoms with E-state index in [9.17, 15) is 18.3 Å². The third kappa shape index (κ3) is 2.60. The van der Waals surface area contributed by atoms with E-state index in [-0.39, 0.29) is 11.5 Å². The van der Waals surface area contributed by atoms with Crippen LogP contribution in [0.4, 0.5) is 0 Å². The van der Waals surface area contributed by atoms with Crippen molar-refractivity contribution in [3.05, 3.63) is 29.8 Å². The molecule has 2 fully saturated rings. The number of rotatable bonds is 3. The molecule has 2 aliphatic heterocycles. The Kier molecular flexibility index (Phi) is 3.58. The van der Waals surface area contributed by atoms with E-state index >= 15 is 0 Å². The third-order valence-electron chi connectivity index (χ3n) is 3.44. The fourth-order valence-corrected chi connectivity index (χ4v) is 3.33. The van der Waals surface area contributed by atoms with Gasteiger partial charge in [-0.3, -0.25) is 8.98 Å². The zero-order chi connectivity index (χ0) is 15.2. The van der Waals surface area contributed by atoms with E-state index in [2.05, 4.69) is 0 Å². The van der Waals surface area contributed by atoms with Crippen molar-refractivity contribution in [2.75, 3.05) is 6.61 Å². The number of carbonyl (C=O) groups excluding carboxylic acids is 1. The molecule has 4 atom stereocenters. The van der Waals surface area contributed by atoms with Gasteiger partial charge < -0.3 is 14.6 Å². The molecule has 8 heteroatoms. The number of ketones is 1. The van der Waals surface area contributed by atoms with Crippen LogP contribution in [0.5, 0.6) is 0 Å². The Morgan fingerprint density at radius 1 is 1.29 bits per heavy atom. The summed E-state index contributed by atoms with van der Waals surface area (Å²) in [6.07, 6.45) is -4.80. The molecular weight excluding hydrogens is 300 g/mol. The first-order valence-electron chi connectivity index (χ1n) is 6.37. The summed E-state index contributed by atoms with van der Waals surface area (Å²) in [6, 6.07) is 6.03. The summed E-state index contributed by atoms with van der Waals surface area (Å²) in [5.41, 5.74) is 0.897. The summed E-state index contributed by atoms with van der Waals surface area (Å²) in [6.45, 7) is 1.82. The Morgan fingerprint density at radius 3 is 2.62 bits per heavy atom. The van der Waals surface area contributed by atoms with Crippen LogP contribution in [0.2, 0.25) is 0 Å². The molecule has 0 aromatic heterocycles. The Bertz CT molecular complexity index is 652. The summed E-state index contributed by atoms with van der Waals surface area (Å²) in [4.78, 5) is 11.9. The zero-order valence-electron chi connectivity index (χ0n) is 11.1. The summed E-state index contributed by atoms with van der Waals surface area (Å²) < 4.78 is 39.6. The van der Waals surface area contributed by atoms with Gasteiger partial charge in [-0.1, -0.05) is 17.7 Å². The Morgan fingerprint density at radius 2 is 1.95 bits per heavy atom. The molecule has 114 valence electrons. The zero-order valence-corrected chi connectivity index (χ0v) is 11.9. The van der Waals surface area contributed by atoms with E-state index in [1.807, 2.05) is 6.92 Å². The van der Waals surface area contributed by atoms with E-state index in [0.717, 1.165) is 5.56 Å². The highest BCUT2D eigenvalue weighted by Gasteiger charge is 2.51. The summed E-state index contributed by atoms with van der Waals surface area (Å²) in [5, 5.41) is 9.66. The van der Waals surface area contributed by atoms with E-state index in [1.54, 1.807) is 12.1 Å². The monoisotopic (exact) mass is 314 g/mol. The van der Waals surface area contributed by atoms with Crippen LogP contribution in [0.25, 0.3) is 0 Å². The molecule has 21 heavy (non-hydrogen) atoms. The molecule has 1 aromatic carbocycles. The summed E-state index contributed by atoms with van der Waals surface area (Å²) in [5.74, 6) is -0.746. The van der Waals surface area contributed by atoms with Crippen LogP contribution in [0.15, 0.2) is 29.2 Å². The molecule has 2 heterocycles. The molecule has 0 saturated carbocycles. The third-order valence-corrected chi connectivity index (χ3v) is 4.75. The van der Waals surface area contributed by atoms with Gasteiger partial charge in [0.1, 0.15) is 6.10 Å². The van der Waals surface area contributed by atoms with E-state index in [0.29, 0.717) is 0 Å². The first-order chi connectivity index (χ1) is 9.88. The number of ether oxygens (including phenoxy) is 2. The number of hydrogen-bond acceptors (Lipinski definition) is 7. The summed E-state index contributed by atoms with van der Waals surface area (Å²) >= 11 is 0. The molecule has 2 bridgehead atoms. The highest BCUT2D eigenvalue weighted by atomic mass is 32.2. The Hall–Kier alpha value is -1.32. The van der Waals surface area contributed by atoms with Gasteiger partial charge in [0.25, 0.3) is 10.1 Å². The maximum absolute atomic E-state index is 12.2. The van der Waals surface area contributed by atoms with Crippen LogP contribution in [-0.4, -0.2) is 50.5 Å². The molecular formula is C13H14O7S. The lowest BCUT2D eigenvalue weighted by atomic mass is 10.0. The maximum atomic E-state index is 12.2. The number of aliphatic hydroxyl groups excluding tert-OH is 1. The molecule has 0 unspecified atom stereocenters. The second kappa shape index (κ2) is 5.15. The van der Waals surface area contributed by atoms with Crippen molar-refractivity contribution in [3.8, 4) is 0 Å². The predicted octanol–water partition coefficient (Wildman–Crippen LogP) is -0.246. The molecule has 0 spiro atoms. The number of aliphatic hydroxyl groups is 1. The molecule has 3 rings (SSSR count). The average Bonchev–Trinajstić information content (AvgIpc) is 2.89. The number of fused-ring (bicyclic) bond motifs is 2. The van der Waals surface area contributed by atoms with E-state index < -0.39 is 40.5 Å². The lowest BCUT2D eigenvalue weighted by Gasteiger charge is -2.28. The Balaban J connectivity index is 1.85. The average molecular weight is 314 g/mol. The SMILES string of the molecule is Cc1ccc(S(=O)(=O)O[C@H]2C(=O)[C@@H](O)[C@@H]3OC[C@H]2O3)cc1. The van der Waals surface area contributed by atoms with Gasteiger partial charge in [-0.05, 0) is 19.1 Å². The van der Waals surface area contributed by atoms with Gasteiger partial charge in [0.05, 0.1) is 11.5 Å². The topological polar surface area (TPSA) is 99.1 Å². The highest BCUT2D eigenvalue weighted by molar-refractivity contribution is 7.86. The van der Waals surface area contributed by atoms with Crippen molar-refractivity contribution in [1.29, 1.82) is 0 Å².